The summed E-state index contributed by atoms with van der Waals surface area (Å²) in [7, 11) is 0. The number of para-hydroxylation sites is 2. The van der Waals surface area contributed by atoms with Crippen molar-refractivity contribution < 1.29 is 0 Å². The van der Waals surface area contributed by atoms with E-state index in [1.165, 1.54) is 47.2 Å². The maximum atomic E-state index is 5.18. The Morgan fingerprint density at radius 2 is 0.917 bits per heavy atom. The third-order valence-corrected chi connectivity index (χ3v) is 10.4. The Bertz CT molecular complexity index is 2760. The first-order valence-corrected chi connectivity index (χ1v) is 16.9. The second-order valence-corrected chi connectivity index (χ2v) is 13.0. The molecule has 10 rings (SSSR count). The Balaban J connectivity index is 1.40. The molecule has 4 nitrogen and oxygen atoms in total. The summed E-state index contributed by atoms with van der Waals surface area (Å²) in [5.74, 6) is 1.94. The highest BCUT2D eigenvalue weighted by molar-refractivity contribution is 7.27. The molecule has 0 unspecified atom stereocenters. The van der Waals surface area contributed by atoms with Gasteiger partial charge < -0.3 is 4.57 Å². The van der Waals surface area contributed by atoms with E-state index in [-0.39, 0.29) is 0 Å². The molecular weight excluding hydrogens is 605 g/mol. The molecule has 3 aromatic heterocycles. The fraction of sp³-hybridized carbons (Fsp3) is 0. The maximum absolute atomic E-state index is 5.18. The normalized spacial score (nSPS) is 11.8. The molecule has 0 saturated heterocycles. The predicted molar refractivity (Wildman–Crippen MR) is 201 cm³/mol. The van der Waals surface area contributed by atoms with Gasteiger partial charge in [-0.1, -0.05) is 133 Å². The van der Waals surface area contributed by atoms with Crippen molar-refractivity contribution in [3.05, 3.63) is 158 Å². The first-order valence-electron chi connectivity index (χ1n) is 16.1. The lowest BCUT2D eigenvalue weighted by Crippen LogP contribution is -2.02. The van der Waals surface area contributed by atoms with Crippen molar-refractivity contribution in [3.63, 3.8) is 0 Å². The van der Waals surface area contributed by atoms with Gasteiger partial charge in [0.1, 0.15) is 0 Å². The summed E-state index contributed by atoms with van der Waals surface area (Å²) in [6.07, 6.45) is 0. The summed E-state index contributed by atoms with van der Waals surface area (Å²) >= 11 is 1.87. The van der Waals surface area contributed by atoms with E-state index < -0.39 is 0 Å². The summed E-state index contributed by atoms with van der Waals surface area (Å²) in [4.78, 5) is 15.3. The second-order valence-electron chi connectivity index (χ2n) is 12.0. The first kappa shape index (κ1) is 27.0. The molecule has 0 N–H and O–H groups in total. The number of nitrogens with zero attached hydrogens (tertiary/aromatic N) is 4. The minimum Gasteiger partial charge on any atom is -0.307 e. The quantitative estimate of drug-likeness (QED) is 0.194. The highest BCUT2D eigenvalue weighted by Gasteiger charge is 2.24. The standard InChI is InChI=1S/C43H26N4S/c1-4-15-27(16-5-1)41-44-42(28-17-6-2-7-18-28)46-43(45-41)34-25-14-24-33-36-30-21-10-11-22-31(30)37-32-23-12-13-26-35(32)48-40(37)39(36)47(38(33)34)29-19-8-3-9-20-29/h1-26H. The number of aromatic nitrogens is 4. The Morgan fingerprint density at radius 1 is 0.396 bits per heavy atom. The van der Waals surface area contributed by atoms with E-state index in [4.69, 9.17) is 15.0 Å². The molecule has 0 saturated carbocycles. The van der Waals surface area contributed by atoms with Gasteiger partial charge in [0.15, 0.2) is 17.5 Å². The molecule has 0 radical (unpaired) electrons. The van der Waals surface area contributed by atoms with Crippen molar-refractivity contribution in [2.24, 2.45) is 0 Å². The zero-order valence-corrected chi connectivity index (χ0v) is 26.5. The van der Waals surface area contributed by atoms with Crippen LogP contribution in [0.1, 0.15) is 0 Å². The Hall–Kier alpha value is -6.17. The van der Waals surface area contributed by atoms with E-state index >= 15 is 0 Å². The summed E-state index contributed by atoms with van der Waals surface area (Å²) in [6.45, 7) is 0. The first-order chi connectivity index (χ1) is 23.8. The van der Waals surface area contributed by atoms with Crippen LogP contribution in [0.4, 0.5) is 0 Å². The van der Waals surface area contributed by atoms with Gasteiger partial charge in [0, 0.05) is 48.6 Å². The van der Waals surface area contributed by atoms with Crippen LogP contribution >= 0.6 is 11.3 Å². The smallest absolute Gasteiger partial charge is 0.166 e. The molecule has 3 heterocycles. The van der Waals surface area contributed by atoms with Crippen LogP contribution in [-0.2, 0) is 0 Å². The molecule has 0 spiro atoms. The van der Waals surface area contributed by atoms with Gasteiger partial charge in [0.25, 0.3) is 0 Å². The summed E-state index contributed by atoms with van der Waals surface area (Å²) in [5.41, 5.74) is 6.25. The molecule has 0 amide bonds. The number of fused-ring (bicyclic) bond motifs is 10. The average Bonchev–Trinajstić information content (AvgIpc) is 3.73. The number of hydrogen-bond acceptors (Lipinski definition) is 4. The van der Waals surface area contributed by atoms with Gasteiger partial charge in [-0.25, -0.2) is 15.0 Å². The summed E-state index contributed by atoms with van der Waals surface area (Å²) < 4.78 is 5.01. The van der Waals surface area contributed by atoms with E-state index in [2.05, 4.69) is 126 Å². The fourth-order valence-electron chi connectivity index (χ4n) is 7.17. The van der Waals surface area contributed by atoms with Crippen LogP contribution < -0.4 is 0 Å². The maximum Gasteiger partial charge on any atom is 0.166 e. The lowest BCUT2D eigenvalue weighted by atomic mass is 9.98. The largest absolute Gasteiger partial charge is 0.307 e. The monoisotopic (exact) mass is 630 g/mol. The van der Waals surface area contributed by atoms with Gasteiger partial charge in [0.2, 0.25) is 0 Å². The SMILES string of the molecule is c1ccc(-c2nc(-c3ccccc3)nc(-c3cccc4c5c6ccccc6c6c7ccccc7sc6c5n(-c5ccccc5)c34)n2)cc1. The number of hydrogen-bond donors (Lipinski definition) is 0. The molecule has 0 bridgehead atoms. The van der Waals surface area contributed by atoms with Crippen molar-refractivity contribution in [1.82, 2.24) is 19.5 Å². The molecule has 0 atom stereocenters. The van der Waals surface area contributed by atoms with E-state index in [0.717, 1.165) is 27.9 Å². The average molecular weight is 631 g/mol. The fourth-order valence-corrected chi connectivity index (χ4v) is 8.43. The molecule has 0 aliphatic carbocycles. The van der Waals surface area contributed by atoms with Crippen LogP contribution in [0.15, 0.2) is 158 Å². The Kier molecular flexibility index (Phi) is 6.01. The van der Waals surface area contributed by atoms with Gasteiger partial charge in [-0.2, -0.15) is 0 Å². The van der Waals surface area contributed by atoms with Gasteiger partial charge in [-0.15, -0.1) is 11.3 Å². The van der Waals surface area contributed by atoms with E-state index in [1.807, 2.05) is 47.7 Å². The minimum absolute atomic E-state index is 0.644. The lowest BCUT2D eigenvalue weighted by molar-refractivity contribution is 1.07. The van der Waals surface area contributed by atoms with Crippen LogP contribution in [0, 0.1) is 0 Å². The van der Waals surface area contributed by atoms with Gasteiger partial charge in [0.05, 0.1) is 15.7 Å². The molecule has 5 heteroatoms. The minimum atomic E-state index is 0.644. The highest BCUT2D eigenvalue weighted by Crippen LogP contribution is 2.49. The van der Waals surface area contributed by atoms with E-state index in [1.54, 1.807) is 0 Å². The van der Waals surface area contributed by atoms with Gasteiger partial charge in [-0.3, -0.25) is 0 Å². The Labute approximate surface area is 280 Å². The molecule has 0 fully saturated rings. The lowest BCUT2D eigenvalue weighted by Gasteiger charge is -2.13. The molecule has 0 aliphatic heterocycles. The summed E-state index contributed by atoms with van der Waals surface area (Å²) in [6, 6.07) is 55.2. The van der Waals surface area contributed by atoms with Crippen molar-refractivity contribution in [2.45, 2.75) is 0 Å². The molecular formula is C43H26N4S. The van der Waals surface area contributed by atoms with Crippen LogP contribution in [0.25, 0.3) is 92.6 Å². The van der Waals surface area contributed by atoms with Crippen LogP contribution in [0.2, 0.25) is 0 Å². The highest BCUT2D eigenvalue weighted by atomic mass is 32.1. The molecule has 0 aliphatic rings. The van der Waals surface area contributed by atoms with E-state index in [0.29, 0.717) is 17.5 Å². The molecule has 224 valence electrons. The number of thiophene rings is 1. The van der Waals surface area contributed by atoms with Crippen LogP contribution in [0.3, 0.4) is 0 Å². The Morgan fingerprint density at radius 3 is 1.58 bits per heavy atom. The van der Waals surface area contributed by atoms with Gasteiger partial charge in [-0.05, 0) is 35.0 Å². The van der Waals surface area contributed by atoms with Crippen molar-refractivity contribution in [3.8, 4) is 39.9 Å². The third-order valence-electron chi connectivity index (χ3n) is 9.22. The number of rotatable bonds is 4. The van der Waals surface area contributed by atoms with Crippen LogP contribution in [0.5, 0.6) is 0 Å². The van der Waals surface area contributed by atoms with Gasteiger partial charge >= 0.3 is 0 Å². The van der Waals surface area contributed by atoms with Crippen molar-refractivity contribution in [1.29, 1.82) is 0 Å². The van der Waals surface area contributed by atoms with Crippen LogP contribution in [-0.4, -0.2) is 19.5 Å². The predicted octanol–water partition coefficient (Wildman–Crippen LogP) is 11.5. The topological polar surface area (TPSA) is 43.6 Å². The molecule has 48 heavy (non-hydrogen) atoms. The van der Waals surface area contributed by atoms with Crippen molar-refractivity contribution in [2.75, 3.05) is 0 Å². The zero-order chi connectivity index (χ0) is 31.6. The molecule has 10 aromatic rings. The van der Waals surface area contributed by atoms with Crippen molar-refractivity contribution >= 4 is 64.1 Å². The van der Waals surface area contributed by atoms with E-state index in [9.17, 15) is 0 Å². The third kappa shape index (κ3) is 4.05. The summed E-state index contributed by atoms with van der Waals surface area (Å²) in [5, 5.41) is 7.52. The zero-order valence-electron chi connectivity index (χ0n) is 25.7. The molecule has 7 aromatic carbocycles. The second kappa shape index (κ2) is 10.7. The number of benzene rings is 7.